The molecule has 1 heterocycles. The van der Waals surface area contributed by atoms with Crippen molar-refractivity contribution in [3.05, 3.63) is 52.5 Å². The number of halogens is 1. The molecule has 0 fully saturated rings. The minimum absolute atomic E-state index is 0.204. The molecule has 0 saturated heterocycles. The van der Waals surface area contributed by atoms with Crippen molar-refractivity contribution in [2.75, 3.05) is 5.32 Å². The van der Waals surface area contributed by atoms with Crippen molar-refractivity contribution in [1.82, 2.24) is 0 Å². The lowest BCUT2D eigenvalue weighted by molar-refractivity contribution is 0.628. The van der Waals surface area contributed by atoms with Gasteiger partial charge < -0.3 is 5.32 Å². The lowest BCUT2D eigenvalue weighted by Gasteiger charge is -2.13. The van der Waals surface area contributed by atoms with Gasteiger partial charge in [0.15, 0.2) is 0 Å². The van der Waals surface area contributed by atoms with Crippen LogP contribution in [0.15, 0.2) is 41.8 Å². The molecule has 0 bridgehead atoms. The quantitative estimate of drug-likeness (QED) is 0.824. The van der Waals surface area contributed by atoms with Crippen LogP contribution in [0.2, 0.25) is 0 Å². The van der Waals surface area contributed by atoms with Gasteiger partial charge in [0.2, 0.25) is 0 Å². The molecule has 0 unspecified atom stereocenters. The minimum Gasteiger partial charge on any atom is -0.378 e. The lowest BCUT2D eigenvalue weighted by Crippen LogP contribution is -2.04. The highest BCUT2D eigenvalue weighted by atomic mass is 32.1. The summed E-state index contributed by atoms with van der Waals surface area (Å²) in [6.07, 6.45) is 0. The van der Waals surface area contributed by atoms with Crippen molar-refractivity contribution in [2.24, 2.45) is 0 Å². The number of rotatable bonds is 3. The molecule has 0 radical (unpaired) electrons. The number of thiophene rings is 1. The first-order valence-corrected chi connectivity index (χ1v) is 5.69. The van der Waals surface area contributed by atoms with Gasteiger partial charge in [0, 0.05) is 10.6 Å². The van der Waals surface area contributed by atoms with Crippen molar-refractivity contribution in [3.8, 4) is 0 Å². The van der Waals surface area contributed by atoms with Crippen LogP contribution in [0.25, 0.3) is 0 Å². The zero-order chi connectivity index (χ0) is 10.7. The Balaban J connectivity index is 2.06. The van der Waals surface area contributed by atoms with Crippen LogP contribution in [0, 0.1) is 5.82 Å². The van der Waals surface area contributed by atoms with Gasteiger partial charge >= 0.3 is 0 Å². The normalized spacial score (nSPS) is 12.4. The zero-order valence-corrected chi connectivity index (χ0v) is 9.22. The molecular weight excluding hydrogens is 209 g/mol. The largest absolute Gasteiger partial charge is 0.378 e. The Morgan fingerprint density at radius 1 is 1.20 bits per heavy atom. The van der Waals surface area contributed by atoms with Crippen LogP contribution >= 0.6 is 11.3 Å². The van der Waals surface area contributed by atoms with Gasteiger partial charge in [0.25, 0.3) is 0 Å². The number of hydrogen-bond donors (Lipinski definition) is 1. The second-order valence-corrected chi connectivity index (χ2v) is 4.37. The second-order valence-electron chi connectivity index (χ2n) is 3.39. The highest BCUT2D eigenvalue weighted by molar-refractivity contribution is 7.10. The monoisotopic (exact) mass is 221 g/mol. The summed E-state index contributed by atoms with van der Waals surface area (Å²) in [5.74, 6) is -0.204. The maximum atomic E-state index is 12.7. The SMILES string of the molecule is C[C@H](Nc1ccc(F)cc1)c1cccs1. The number of nitrogens with one attached hydrogen (secondary N) is 1. The molecule has 0 aliphatic heterocycles. The van der Waals surface area contributed by atoms with Crippen molar-refractivity contribution >= 4 is 17.0 Å². The van der Waals surface area contributed by atoms with Crippen LogP contribution in [0.3, 0.4) is 0 Å². The van der Waals surface area contributed by atoms with E-state index in [9.17, 15) is 4.39 Å². The van der Waals surface area contributed by atoms with E-state index in [0.29, 0.717) is 0 Å². The molecule has 15 heavy (non-hydrogen) atoms. The first-order chi connectivity index (χ1) is 7.25. The Labute approximate surface area is 92.6 Å². The van der Waals surface area contributed by atoms with Crippen LogP contribution in [0.5, 0.6) is 0 Å². The standard InChI is InChI=1S/C12H12FNS/c1-9(12-3-2-8-15-12)14-11-6-4-10(13)5-7-11/h2-9,14H,1H3/t9-/m0/s1. The molecule has 1 atom stereocenters. The maximum absolute atomic E-state index is 12.7. The molecule has 1 N–H and O–H groups in total. The summed E-state index contributed by atoms with van der Waals surface area (Å²) in [5.41, 5.74) is 0.942. The fraction of sp³-hybridized carbons (Fsp3) is 0.167. The number of anilines is 1. The molecule has 78 valence electrons. The van der Waals surface area contributed by atoms with E-state index in [1.807, 2.05) is 6.07 Å². The Kier molecular flexibility index (Phi) is 3.02. The molecule has 0 saturated carbocycles. The van der Waals surface area contributed by atoms with E-state index in [-0.39, 0.29) is 11.9 Å². The predicted molar refractivity (Wildman–Crippen MR) is 62.8 cm³/mol. The summed E-state index contributed by atoms with van der Waals surface area (Å²) in [6, 6.07) is 10.8. The summed E-state index contributed by atoms with van der Waals surface area (Å²) in [4.78, 5) is 1.28. The topological polar surface area (TPSA) is 12.0 Å². The molecular formula is C12H12FNS. The maximum Gasteiger partial charge on any atom is 0.123 e. The summed E-state index contributed by atoms with van der Waals surface area (Å²) in [6.45, 7) is 2.09. The summed E-state index contributed by atoms with van der Waals surface area (Å²) >= 11 is 1.72. The van der Waals surface area contributed by atoms with E-state index in [2.05, 4.69) is 23.7 Å². The molecule has 1 aromatic carbocycles. The first-order valence-electron chi connectivity index (χ1n) is 4.81. The molecule has 2 aromatic rings. The molecule has 3 heteroatoms. The molecule has 0 aliphatic carbocycles. The van der Waals surface area contributed by atoms with E-state index in [1.165, 1.54) is 17.0 Å². The zero-order valence-electron chi connectivity index (χ0n) is 8.41. The molecule has 0 amide bonds. The fourth-order valence-corrected chi connectivity index (χ4v) is 2.14. The van der Waals surface area contributed by atoms with E-state index in [4.69, 9.17) is 0 Å². The van der Waals surface area contributed by atoms with Gasteiger partial charge in [0.1, 0.15) is 5.82 Å². The average molecular weight is 221 g/mol. The Hall–Kier alpha value is -1.35. The Morgan fingerprint density at radius 3 is 2.53 bits per heavy atom. The third-order valence-electron chi connectivity index (χ3n) is 2.20. The van der Waals surface area contributed by atoms with Gasteiger partial charge in [-0.25, -0.2) is 4.39 Å². The van der Waals surface area contributed by atoms with Crippen LogP contribution in [0.1, 0.15) is 17.8 Å². The fourth-order valence-electron chi connectivity index (χ4n) is 1.40. The predicted octanol–water partition coefficient (Wildman–Crippen LogP) is 4.06. The van der Waals surface area contributed by atoms with Gasteiger partial charge in [-0.05, 0) is 42.6 Å². The third-order valence-corrected chi connectivity index (χ3v) is 3.25. The molecule has 2 rings (SSSR count). The van der Waals surface area contributed by atoms with E-state index < -0.39 is 0 Å². The van der Waals surface area contributed by atoms with Gasteiger partial charge in [-0.15, -0.1) is 11.3 Å². The van der Waals surface area contributed by atoms with Crippen LogP contribution < -0.4 is 5.32 Å². The molecule has 0 spiro atoms. The van der Waals surface area contributed by atoms with E-state index in [0.717, 1.165) is 5.69 Å². The average Bonchev–Trinajstić information content (AvgIpc) is 2.74. The summed E-state index contributed by atoms with van der Waals surface area (Å²) in [7, 11) is 0. The van der Waals surface area contributed by atoms with Crippen LogP contribution in [-0.2, 0) is 0 Å². The van der Waals surface area contributed by atoms with Crippen molar-refractivity contribution in [3.63, 3.8) is 0 Å². The second kappa shape index (κ2) is 4.45. The Bertz CT molecular complexity index is 408. The summed E-state index contributed by atoms with van der Waals surface area (Å²) in [5, 5.41) is 5.37. The van der Waals surface area contributed by atoms with Gasteiger partial charge in [-0.1, -0.05) is 6.07 Å². The third kappa shape index (κ3) is 2.57. The number of hydrogen-bond acceptors (Lipinski definition) is 2. The smallest absolute Gasteiger partial charge is 0.123 e. The molecule has 0 aliphatic rings. The van der Waals surface area contributed by atoms with Gasteiger partial charge in [0.05, 0.1) is 6.04 Å². The Morgan fingerprint density at radius 2 is 1.93 bits per heavy atom. The van der Waals surface area contributed by atoms with Gasteiger partial charge in [-0.3, -0.25) is 0 Å². The number of benzene rings is 1. The van der Waals surface area contributed by atoms with E-state index in [1.54, 1.807) is 23.5 Å². The molecule has 1 nitrogen and oxygen atoms in total. The van der Waals surface area contributed by atoms with Crippen molar-refractivity contribution < 1.29 is 4.39 Å². The minimum atomic E-state index is -0.204. The highest BCUT2D eigenvalue weighted by Crippen LogP contribution is 2.22. The van der Waals surface area contributed by atoms with E-state index >= 15 is 0 Å². The summed E-state index contributed by atoms with van der Waals surface area (Å²) < 4.78 is 12.7. The first kappa shape index (κ1) is 10.2. The van der Waals surface area contributed by atoms with Crippen molar-refractivity contribution in [1.29, 1.82) is 0 Å². The highest BCUT2D eigenvalue weighted by Gasteiger charge is 2.05. The van der Waals surface area contributed by atoms with Crippen molar-refractivity contribution in [2.45, 2.75) is 13.0 Å². The molecule has 1 aromatic heterocycles. The van der Waals surface area contributed by atoms with Crippen LogP contribution in [0.4, 0.5) is 10.1 Å². The van der Waals surface area contributed by atoms with Gasteiger partial charge in [-0.2, -0.15) is 0 Å². The lowest BCUT2D eigenvalue weighted by atomic mass is 10.2. The van der Waals surface area contributed by atoms with Crippen LogP contribution in [-0.4, -0.2) is 0 Å².